The lowest BCUT2D eigenvalue weighted by Crippen LogP contribution is -2.05. The summed E-state index contributed by atoms with van der Waals surface area (Å²) in [5, 5.41) is 4.37. The maximum absolute atomic E-state index is 4.69. The second-order valence-electron chi connectivity index (χ2n) is 4.94. The van der Waals surface area contributed by atoms with Crippen molar-refractivity contribution >= 4 is 17.6 Å². The summed E-state index contributed by atoms with van der Waals surface area (Å²) >= 11 is 1.66. The summed E-state index contributed by atoms with van der Waals surface area (Å²) in [6.45, 7) is 3.10. The van der Waals surface area contributed by atoms with Crippen LogP contribution in [0.4, 0.5) is 5.82 Å². The largest absolute Gasteiger partial charge is 0.370 e. The van der Waals surface area contributed by atoms with Crippen molar-refractivity contribution in [2.45, 2.75) is 42.0 Å². The molecule has 1 aliphatic rings. The smallest absolute Gasteiger partial charge is 0.135 e. The first kappa shape index (κ1) is 13.4. The zero-order valence-electron chi connectivity index (χ0n) is 11.5. The molecule has 1 saturated carbocycles. The molecule has 1 fully saturated rings. The van der Waals surface area contributed by atoms with Crippen LogP contribution in [-0.4, -0.2) is 21.5 Å². The average molecular weight is 286 g/mol. The van der Waals surface area contributed by atoms with Crippen LogP contribution in [0.2, 0.25) is 0 Å². The first-order chi connectivity index (χ1) is 9.85. The molecule has 0 unspecified atom stereocenters. The van der Waals surface area contributed by atoms with Gasteiger partial charge < -0.3 is 5.32 Å². The third kappa shape index (κ3) is 3.48. The normalized spacial score (nSPS) is 14.2. The molecular weight excluding hydrogens is 268 g/mol. The Balaban J connectivity index is 1.83. The van der Waals surface area contributed by atoms with E-state index in [1.165, 1.54) is 12.8 Å². The number of aromatic nitrogens is 3. The van der Waals surface area contributed by atoms with Gasteiger partial charge in [0, 0.05) is 35.8 Å². The molecule has 0 saturated heterocycles. The number of hydrogen-bond donors (Lipinski definition) is 1. The van der Waals surface area contributed by atoms with E-state index in [2.05, 4.69) is 22.2 Å². The standard InChI is InChI=1S/C15H18N4S/c1-2-7-17-13-10-14(19-15(18-13)11-3-4-11)20-12-5-8-16-9-6-12/h5-6,8-11H,2-4,7H2,1H3,(H,17,18,19). The average Bonchev–Trinajstić information content (AvgIpc) is 3.31. The molecule has 3 rings (SSSR count). The lowest BCUT2D eigenvalue weighted by Gasteiger charge is -2.08. The number of nitrogens with one attached hydrogen (secondary N) is 1. The molecule has 1 N–H and O–H groups in total. The van der Waals surface area contributed by atoms with Gasteiger partial charge in [0.15, 0.2) is 0 Å². The number of nitrogens with zero attached hydrogens (tertiary/aromatic N) is 3. The van der Waals surface area contributed by atoms with E-state index in [4.69, 9.17) is 4.98 Å². The summed E-state index contributed by atoms with van der Waals surface area (Å²) in [5.41, 5.74) is 0. The molecular formula is C15H18N4S. The minimum absolute atomic E-state index is 0.565. The Labute approximate surface area is 123 Å². The van der Waals surface area contributed by atoms with Gasteiger partial charge in [-0.15, -0.1) is 0 Å². The van der Waals surface area contributed by atoms with E-state index < -0.39 is 0 Å². The molecule has 1 aliphatic carbocycles. The highest BCUT2D eigenvalue weighted by Gasteiger charge is 2.27. The van der Waals surface area contributed by atoms with E-state index in [1.807, 2.05) is 30.6 Å². The predicted molar refractivity (Wildman–Crippen MR) is 81.1 cm³/mol. The van der Waals surface area contributed by atoms with Gasteiger partial charge in [0.2, 0.25) is 0 Å². The van der Waals surface area contributed by atoms with Crippen molar-refractivity contribution in [2.24, 2.45) is 0 Å². The molecule has 0 aliphatic heterocycles. The monoisotopic (exact) mass is 286 g/mol. The Bertz CT molecular complexity index is 569. The molecule has 0 amide bonds. The van der Waals surface area contributed by atoms with Crippen LogP contribution in [0, 0.1) is 0 Å². The summed E-state index contributed by atoms with van der Waals surface area (Å²) in [5.74, 6) is 2.50. The van der Waals surface area contributed by atoms with Crippen LogP contribution >= 0.6 is 11.8 Å². The first-order valence-corrected chi connectivity index (χ1v) is 7.87. The van der Waals surface area contributed by atoms with Crippen molar-refractivity contribution in [1.82, 2.24) is 15.0 Å². The zero-order chi connectivity index (χ0) is 13.8. The number of rotatable bonds is 6. The quantitative estimate of drug-likeness (QED) is 0.820. The lowest BCUT2D eigenvalue weighted by molar-refractivity contribution is 0.868. The second-order valence-corrected chi connectivity index (χ2v) is 6.03. The Morgan fingerprint density at radius 1 is 1.25 bits per heavy atom. The third-order valence-electron chi connectivity index (χ3n) is 3.09. The molecule has 2 aromatic heterocycles. The van der Waals surface area contributed by atoms with Gasteiger partial charge in [-0.05, 0) is 31.4 Å². The fourth-order valence-electron chi connectivity index (χ4n) is 1.89. The molecule has 5 heteroatoms. The van der Waals surface area contributed by atoms with E-state index >= 15 is 0 Å². The van der Waals surface area contributed by atoms with Gasteiger partial charge in [-0.2, -0.15) is 0 Å². The van der Waals surface area contributed by atoms with Crippen molar-refractivity contribution in [3.05, 3.63) is 36.4 Å². The van der Waals surface area contributed by atoms with Gasteiger partial charge >= 0.3 is 0 Å². The highest BCUT2D eigenvalue weighted by Crippen LogP contribution is 2.39. The van der Waals surface area contributed by atoms with Crippen LogP contribution in [-0.2, 0) is 0 Å². The van der Waals surface area contributed by atoms with Gasteiger partial charge in [0.1, 0.15) is 16.7 Å². The van der Waals surface area contributed by atoms with Gasteiger partial charge in [-0.25, -0.2) is 9.97 Å². The molecule has 0 bridgehead atoms. The SMILES string of the molecule is CCCNc1cc(Sc2ccncc2)nc(C2CC2)n1. The number of pyridine rings is 1. The van der Waals surface area contributed by atoms with Gasteiger partial charge in [-0.3, -0.25) is 4.98 Å². The highest BCUT2D eigenvalue weighted by atomic mass is 32.2. The summed E-state index contributed by atoms with van der Waals surface area (Å²) in [7, 11) is 0. The lowest BCUT2D eigenvalue weighted by atomic mass is 10.4. The maximum Gasteiger partial charge on any atom is 0.135 e. The topological polar surface area (TPSA) is 50.7 Å². The highest BCUT2D eigenvalue weighted by molar-refractivity contribution is 7.99. The van der Waals surface area contributed by atoms with Crippen molar-refractivity contribution in [3.8, 4) is 0 Å². The predicted octanol–water partition coefficient (Wildman–Crippen LogP) is 3.72. The van der Waals surface area contributed by atoms with Crippen LogP contribution in [0.5, 0.6) is 0 Å². The Kier molecular flexibility index (Phi) is 4.16. The second kappa shape index (κ2) is 6.22. The van der Waals surface area contributed by atoms with Crippen LogP contribution in [0.1, 0.15) is 37.9 Å². The minimum atomic E-state index is 0.565. The third-order valence-corrected chi connectivity index (χ3v) is 4.02. The molecule has 2 heterocycles. The Morgan fingerprint density at radius 3 is 2.75 bits per heavy atom. The zero-order valence-corrected chi connectivity index (χ0v) is 12.4. The molecule has 0 atom stereocenters. The molecule has 0 spiro atoms. The van der Waals surface area contributed by atoms with E-state index in [0.717, 1.165) is 34.5 Å². The fourth-order valence-corrected chi connectivity index (χ4v) is 2.70. The number of anilines is 1. The van der Waals surface area contributed by atoms with Crippen molar-refractivity contribution in [1.29, 1.82) is 0 Å². The van der Waals surface area contributed by atoms with Gasteiger partial charge in [0.25, 0.3) is 0 Å². The van der Waals surface area contributed by atoms with Crippen molar-refractivity contribution < 1.29 is 0 Å². The number of hydrogen-bond acceptors (Lipinski definition) is 5. The van der Waals surface area contributed by atoms with Crippen LogP contribution in [0.25, 0.3) is 0 Å². The van der Waals surface area contributed by atoms with Gasteiger partial charge in [-0.1, -0.05) is 18.7 Å². The molecule has 0 aromatic carbocycles. The Morgan fingerprint density at radius 2 is 2.05 bits per heavy atom. The molecule has 104 valence electrons. The summed E-state index contributed by atoms with van der Waals surface area (Å²) in [6.07, 6.45) is 7.14. The summed E-state index contributed by atoms with van der Waals surface area (Å²) in [4.78, 5) is 14.5. The van der Waals surface area contributed by atoms with Crippen LogP contribution in [0.3, 0.4) is 0 Å². The fraction of sp³-hybridized carbons (Fsp3) is 0.400. The summed E-state index contributed by atoms with van der Waals surface area (Å²) < 4.78 is 0. The Hall–Kier alpha value is -1.62. The molecule has 2 aromatic rings. The van der Waals surface area contributed by atoms with Gasteiger partial charge in [0.05, 0.1) is 0 Å². The van der Waals surface area contributed by atoms with E-state index in [0.29, 0.717) is 5.92 Å². The molecule has 4 nitrogen and oxygen atoms in total. The molecule has 0 radical (unpaired) electrons. The van der Waals surface area contributed by atoms with Crippen LogP contribution in [0.15, 0.2) is 40.5 Å². The minimum Gasteiger partial charge on any atom is -0.370 e. The summed E-state index contributed by atoms with van der Waals surface area (Å²) in [6, 6.07) is 6.04. The van der Waals surface area contributed by atoms with Crippen molar-refractivity contribution in [3.63, 3.8) is 0 Å². The first-order valence-electron chi connectivity index (χ1n) is 7.06. The van der Waals surface area contributed by atoms with E-state index in [9.17, 15) is 0 Å². The van der Waals surface area contributed by atoms with Crippen molar-refractivity contribution in [2.75, 3.05) is 11.9 Å². The van der Waals surface area contributed by atoms with E-state index in [1.54, 1.807) is 11.8 Å². The maximum atomic E-state index is 4.69. The molecule has 20 heavy (non-hydrogen) atoms. The van der Waals surface area contributed by atoms with E-state index in [-0.39, 0.29) is 0 Å². The van der Waals surface area contributed by atoms with Crippen LogP contribution < -0.4 is 5.32 Å².